The lowest BCUT2D eigenvalue weighted by molar-refractivity contribution is 0.101. The molecule has 1 aromatic carbocycles. The Morgan fingerprint density at radius 2 is 1.91 bits per heavy atom. The van der Waals surface area contributed by atoms with E-state index in [1.54, 1.807) is 7.11 Å². The van der Waals surface area contributed by atoms with E-state index in [0.29, 0.717) is 12.6 Å². The summed E-state index contributed by atoms with van der Waals surface area (Å²) in [5.74, 6) is 0. The van der Waals surface area contributed by atoms with Gasteiger partial charge in [0.05, 0.1) is 18.5 Å². The fourth-order valence-corrected chi connectivity index (χ4v) is 2.91. The second-order valence-corrected chi connectivity index (χ2v) is 5.89. The van der Waals surface area contributed by atoms with Crippen molar-refractivity contribution in [3.8, 4) is 0 Å². The molecule has 3 aromatic rings. The monoisotopic (exact) mass is 309 g/mol. The molecule has 1 atom stereocenters. The molecule has 0 aliphatic carbocycles. The molecule has 0 radical (unpaired) electrons. The lowest BCUT2D eigenvalue weighted by Crippen LogP contribution is -2.37. The van der Waals surface area contributed by atoms with Crippen molar-refractivity contribution in [1.82, 2.24) is 14.3 Å². The van der Waals surface area contributed by atoms with E-state index < -0.39 is 0 Å². The Morgan fingerprint density at radius 1 is 1.13 bits per heavy atom. The molecule has 2 aromatic heterocycles. The molecule has 4 heteroatoms. The number of nitrogens with zero attached hydrogens (tertiary/aromatic N) is 3. The van der Waals surface area contributed by atoms with Crippen LogP contribution in [-0.4, -0.2) is 41.1 Å². The van der Waals surface area contributed by atoms with Gasteiger partial charge in [-0.15, -0.1) is 0 Å². The number of pyridine rings is 1. The fraction of sp³-hybridized carbons (Fsp3) is 0.316. The second-order valence-electron chi connectivity index (χ2n) is 5.89. The first-order valence-corrected chi connectivity index (χ1v) is 7.92. The van der Waals surface area contributed by atoms with Gasteiger partial charge in [-0.05, 0) is 31.2 Å². The number of benzene rings is 1. The van der Waals surface area contributed by atoms with Gasteiger partial charge in [-0.25, -0.2) is 4.98 Å². The van der Waals surface area contributed by atoms with E-state index in [-0.39, 0.29) is 0 Å². The molecule has 0 aliphatic heterocycles. The maximum atomic E-state index is 5.44. The SMILES string of the molecule is COCC(Cc1ccccc1)N(C)Cc1cnc2ccccn12. The highest BCUT2D eigenvalue weighted by atomic mass is 16.5. The zero-order valence-electron chi connectivity index (χ0n) is 13.7. The van der Waals surface area contributed by atoms with Gasteiger partial charge in [0.25, 0.3) is 0 Å². The van der Waals surface area contributed by atoms with Crippen LogP contribution in [0, 0.1) is 0 Å². The summed E-state index contributed by atoms with van der Waals surface area (Å²) in [6, 6.07) is 17.0. The molecule has 0 fully saturated rings. The van der Waals surface area contributed by atoms with Crippen molar-refractivity contribution in [3.63, 3.8) is 0 Å². The molecule has 0 bridgehead atoms. The van der Waals surface area contributed by atoms with Crippen molar-refractivity contribution >= 4 is 5.65 Å². The number of hydrogen-bond acceptors (Lipinski definition) is 3. The van der Waals surface area contributed by atoms with E-state index in [4.69, 9.17) is 4.74 Å². The third kappa shape index (κ3) is 3.78. The van der Waals surface area contributed by atoms with Crippen LogP contribution in [0.4, 0.5) is 0 Å². The second kappa shape index (κ2) is 7.40. The minimum Gasteiger partial charge on any atom is -0.383 e. The number of rotatable bonds is 7. The number of likely N-dealkylation sites (N-methyl/N-ethyl adjacent to an activating group) is 1. The van der Waals surface area contributed by atoms with Crippen molar-refractivity contribution in [2.75, 3.05) is 20.8 Å². The van der Waals surface area contributed by atoms with E-state index in [2.05, 4.69) is 57.9 Å². The Morgan fingerprint density at radius 3 is 2.70 bits per heavy atom. The maximum absolute atomic E-state index is 5.44. The number of aromatic nitrogens is 2. The summed E-state index contributed by atoms with van der Waals surface area (Å²) in [6.45, 7) is 1.55. The van der Waals surface area contributed by atoms with Gasteiger partial charge in [-0.3, -0.25) is 4.90 Å². The zero-order chi connectivity index (χ0) is 16.1. The topological polar surface area (TPSA) is 29.8 Å². The Balaban J connectivity index is 1.74. The molecule has 1 unspecified atom stereocenters. The molecule has 3 rings (SSSR count). The van der Waals surface area contributed by atoms with Gasteiger partial charge in [-0.2, -0.15) is 0 Å². The van der Waals surface area contributed by atoms with E-state index in [0.717, 1.165) is 18.6 Å². The first-order chi connectivity index (χ1) is 11.3. The highest BCUT2D eigenvalue weighted by molar-refractivity contribution is 5.39. The van der Waals surface area contributed by atoms with Crippen LogP contribution in [0.3, 0.4) is 0 Å². The predicted octanol–water partition coefficient (Wildman–Crippen LogP) is 3.02. The van der Waals surface area contributed by atoms with E-state index in [1.807, 2.05) is 24.4 Å². The highest BCUT2D eigenvalue weighted by Gasteiger charge is 2.17. The summed E-state index contributed by atoms with van der Waals surface area (Å²) in [4.78, 5) is 6.81. The van der Waals surface area contributed by atoms with Crippen molar-refractivity contribution in [1.29, 1.82) is 0 Å². The van der Waals surface area contributed by atoms with Gasteiger partial charge in [-0.1, -0.05) is 36.4 Å². The average Bonchev–Trinajstić information content (AvgIpc) is 2.99. The van der Waals surface area contributed by atoms with E-state index in [1.165, 1.54) is 11.3 Å². The van der Waals surface area contributed by atoms with E-state index in [9.17, 15) is 0 Å². The van der Waals surface area contributed by atoms with Crippen LogP contribution in [0.5, 0.6) is 0 Å². The predicted molar refractivity (Wildman–Crippen MR) is 92.5 cm³/mol. The van der Waals surface area contributed by atoms with Gasteiger partial charge in [0.2, 0.25) is 0 Å². The van der Waals surface area contributed by atoms with Crippen LogP contribution in [0.25, 0.3) is 5.65 Å². The first-order valence-electron chi connectivity index (χ1n) is 7.92. The standard InChI is InChI=1S/C19H23N3O/c1-21(14-18-13-20-19-10-6-7-11-22(18)19)17(15-23-2)12-16-8-4-3-5-9-16/h3-11,13,17H,12,14-15H2,1-2H3. The fourth-order valence-electron chi connectivity index (χ4n) is 2.91. The summed E-state index contributed by atoms with van der Waals surface area (Å²) in [7, 11) is 3.91. The third-order valence-corrected chi connectivity index (χ3v) is 4.20. The Kier molecular flexibility index (Phi) is 5.05. The summed E-state index contributed by atoms with van der Waals surface area (Å²) in [6.07, 6.45) is 4.99. The molecule has 120 valence electrons. The number of methoxy groups -OCH3 is 1. The van der Waals surface area contributed by atoms with Crippen molar-refractivity contribution in [2.24, 2.45) is 0 Å². The van der Waals surface area contributed by atoms with Crippen molar-refractivity contribution < 1.29 is 4.74 Å². The summed E-state index contributed by atoms with van der Waals surface area (Å²) < 4.78 is 7.58. The zero-order valence-corrected chi connectivity index (χ0v) is 13.7. The molecule has 0 amide bonds. The van der Waals surface area contributed by atoms with Crippen LogP contribution >= 0.6 is 0 Å². The van der Waals surface area contributed by atoms with Gasteiger partial charge in [0.1, 0.15) is 5.65 Å². The average molecular weight is 309 g/mol. The van der Waals surface area contributed by atoms with Crippen LogP contribution in [0.1, 0.15) is 11.3 Å². The largest absolute Gasteiger partial charge is 0.383 e. The Bertz CT molecular complexity index is 738. The molecule has 4 nitrogen and oxygen atoms in total. The molecule has 0 spiro atoms. The number of ether oxygens (including phenoxy) is 1. The van der Waals surface area contributed by atoms with Crippen LogP contribution in [0.2, 0.25) is 0 Å². The quantitative estimate of drug-likeness (QED) is 0.672. The minimum absolute atomic E-state index is 0.330. The lowest BCUT2D eigenvalue weighted by atomic mass is 10.1. The number of hydrogen-bond donors (Lipinski definition) is 0. The first kappa shape index (κ1) is 15.7. The Hall–Kier alpha value is -2.17. The smallest absolute Gasteiger partial charge is 0.136 e. The highest BCUT2D eigenvalue weighted by Crippen LogP contribution is 2.13. The molecule has 0 saturated heterocycles. The Labute approximate surface area is 137 Å². The summed E-state index contributed by atoms with van der Waals surface area (Å²) in [5.41, 5.74) is 3.51. The van der Waals surface area contributed by atoms with Gasteiger partial charge < -0.3 is 9.14 Å². The summed E-state index contributed by atoms with van der Waals surface area (Å²) >= 11 is 0. The number of imidazole rings is 1. The van der Waals surface area contributed by atoms with Gasteiger partial charge in [0, 0.05) is 25.9 Å². The van der Waals surface area contributed by atoms with Crippen molar-refractivity contribution in [3.05, 3.63) is 72.2 Å². The van der Waals surface area contributed by atoms with Gasteiger partial charge >= 0.3 is 0 Å². The van der Waals surface area contributed by atoms with Crippen LogP contribution in [0.15, 0.2) is 60.9 Å². The minimum atomic E-state index is 0.330. The van der Waals surface area contributed by atoms with Crippen molar-refractivity contribution in [2.45, 2.75) is 19.0 Å². The molecule has 23 heavy (non-hydrogen) atoms. The lowest BCUT2D eigenvalue weighted by Gasteiger charge is -2.27. The van der Waals surface area contributed by atoms with Crippen LogP contribution < -0.4 is 0 Å². The number of fused-ring (bicyclic) bond motifs is 1. The third-order valence-electron chi connectivity index (χ3n) is 4.20. The van der Waals surface area contributed by atoms with Crippen LogP contribution in [-0.2, 0) is 17.7 Å². The molecule has 0 aliphatic rings. The molecule has 0 N–H and O–H groups in total. The molecular weight excluding hydrogens is 286 g/mol. The summed E-state index contributed by atoms with van der Waals surface area (Å²) in [5, 5.41) is 0. The molecule has 2 heterocycles. The normalized spacial score (nSPS) is 12.8. The van der Waals surface area contributed by atoms with Gasteiger partial charge in [0.15, 0.2) is 0 Å². The van der Waals surface area contributed by atoms with E-state index >= 15 is 0 Å². The molecular formula is C19H23N3O. The maximum Gasteiger partial charge on any atom is 0.136 e. The molecule has 0 saturated carbocycles.